The molecule has 1 heterocycles. The van der Waals surface area contributed by atoms with Crippen LogP contribution in [-0.4, -0.2) is 35.8 Å². The molecule has 0 amide bonds. The second-order valence-corrected chi connectivity index (χ2v) is 14.9. The Morgan fingerprint density at radius 1 is 0.673 bits per heavy atom. The first-order valence-corrected chi connectivity index (χ1v) is 19.0. The molecule has 2 unspecified atom stereocenters. The van der Waals surface area contributed by atoms with Crippen molar-refractivity contribution in [2.45, 2.75) is 42.8 Å². The molecule has 264 valence electrons. The minimum Gasteiger partial charge on any atom is -0.334 e. The summed E-state index contributed by atoms with van der Waals surface area (Å²) in [4.78, 5) is 12.8. The van der Waals surface area contributed by atoms with Crippen molar-refractivity contribution in [1.82, 2.24) is 4.90 Å². The Morgan fingerprint density at radius 2 is 1.27 bits per heavy atom. The number of fused-ring (bicyclic) bond motifs is 1. The van der Waals surface area contributed by atoms with Gasteiger partial charge in [0.25, 0.3) is 0 Å². The highest BCUT2D eigenvalue weighted by atomic mass is 15.2. The van der Waals surface area contributed by atoms with Crippen molar-refractivity contribution in [3.05, 3.63) is 197 Å². The van der Waals surface area contributed by atoms with Crippen LogP contribution in [0, 0.1) is 22.7 Å². The van der Waals surface area contributed by atoms with Gasteiger partial charge in [0, 0.05) is 58.0 Å². The molecule has 5 aromatic rings. The first-order valence-electron chi connectivity index (χ1n) is 19.0. The number of likely N-dealkylation sites (N-methyl/N-ethyl adjacent to an activating group) is 1. The maximum Gasteiger partial charge on any atom is 0.100 e. The highest BCUT2D eigenvalue weighted by Gasteiger charge is 2.54. The van der Waals surface area contributed by atoms with Crippen molar-refractivity contribution in [1.29, 1.82) is 10.5 Å². The molecule has 0 N–H and O–H groups in total. The Bertz CT molecular complexity index is 2480. The highest BCUT2D eigenvalue weighted by Crippen LogP contribution is 2.58. The summed E-state index contributed by atoms with van der Waals surface area (Å²) in [5.74, 6) is 0.0209. The van der Waals surface area contributed by atoms with Gasteiger partial charge in [0.2, 0.25) is 0 Å². The van der Waals surface area contributed by atoms with Crippen molar-refractivity contribution in [3.63, 3.8) is 0 Å². The van der Waals surface area contributed by atoms with Gasteiger partial charge in [-0.2, -0.15) is 10.5 Å². The van der Waals surface area contributed by atoms with E-state index in [9.17, 15) is 10.5 Å². The lowest BCUT2D eigenvalue weighted by Gasteiger charge is -2.55. The summed E-state index contributed by atoms with van der Waals surface area (Å²) in [6, 6.07) is 54.3. The van der Waals surface area contributed by atoms with Gasteiger partial charge in [-0.15, -0.1) is 0 Å². The van der Waals surface area contributed by atoms with Crippen LogP contribution in [0.5, 0.6) is 0 Å². The smallest absolute Gasteiger partial charge is 0.100 e. The van der Waals surface area contributed by atoms with Crippen LogP contribution < -0.4 is 9.80 Å². The van der Waals surface area contributed by atoms with Crippen molar-refractivity contribution in [3.8, 4) is 12.1 Å². The molecule has 0 fully saturated rings. The second kappa shape index (κ2) is 13.3. The number of para-hydroxylation sites is 4. The first-order chi connectivity index (χ1) is 27.1. The molecule has 5 aromatic carbocycles. The van der Waals surface area contributed by atoms with Crippen LogP contribution in [0.3, 0.4) is 0 Å². The lowest BCUT2D eigenvalue weighted by Crippen LogP contribution is -2.59. The van der Waals surface area contributed by atoms with E-state index >= 15 is 0 Å². The number of hydrogen-bond donors (Lipinski definition) is 0. The molecule has 11 rings (SSSR count). The van der Waals surface area contributed by atoms with Gasteiger partial charge in [-0.05, 0) is 96.9 Å². The zero-order valence-electron chi connectivity index (χ0n) is 30.5. The predicted molar refractivity (Wildman–Crippen MR) is 220 cm³/mol. The number of anilines is 5. The highest BCUT2D eigenvalue weighted by molar-refractivity contribution is 6.05. The van der Waals surface area contributed by atoms with Crippen molar-refractivity contribution < 1.29 is 0 Å². The van der Waals surface area contributed by atoms with Gasteiger partial charge in [0.05, 0.1) is 35.5 Å². The average Bonchev–Trinajstić information content (AvgIpc) is 3.25. The quantitative estimate of drug-likeness (QED) is 0.175. The van der Waals surface area contributed by atoms with Crippen molar-refractivity contribution in [2.24, 2.45) is 4.99 Å². The summed E-state index contributed by atoms with van der Waals surface area (Å²) in [6.45, 7) is 0. The number of nitrogens with zero attached hydrogens (tertiary/aromatic N) is 6. The molecule has 5 aliphatic carbocycles. The Hall–Kier alpha value is -6.73. The lowest BCUT2D eigenvalue weighted by atomic mass is 9.57. The van der Waals surface area contributed by atoms with Crippen LogP contribution in [0.25, 0.3) is 0 Å². The van der Waals surface area contributed by atoms with Gasteiger partial charge in [0.15, 0.2) is 0 Å². The van der Waals surface area contributed by atoms with E-state index in [1.54, 1.807) is 0 Å². The molecule has 0 aromatic heterocycles. The van der Waals surface area contributed by atoms with E-state index in [0.29, 0.717) is 17.6 Å². The summed E-state index contributed by atoms with van der Waals surface area (Å²) in [7, 11) is 2.20. The Labute approximate surface area is 322 Å². The summed E-state index contributed by atoms with van der Waals surface area (Å²) in [5, 5.41) is 20.0. The molecule has 0 radical (unpaired) electrons. The molecule has 0 saturated carbocycles. The predicted octanol–water partition coefficient (Wildman–Crippen LogP) is 10.6. The van der Waals surface area contributed by atoms with E-state index in [1.807, 2.05) is 6.08 Å². The molecule has 6 nitrogen and oxygen atoms in total. The van der Waals surface area contributed by atoms with Crippen LogP contribution >= 0.6 is 0 Å². The van der Waals surface area contributed by atoms with Crippen molar-refractivity contribution in [2.75, 3.05) is 16.8 Å². The first kappa shape index (κ1) is 32.9. The monoisotopic (exact) mass is 710 g/mol. The number of nitriles is 2. The Kier molecular flexibility index (Phi) is 7.94. The van der Waals surface area contributed by atoms with Crippen LogP contribution in [0.4, 0.5) is 28.4 Å². The summed E-state index contributed by atoms with van der Waals surface area (Å²) in [5.41, 5.74) is 14.1. The Morgan fingerprint density at radius 3 is 1.85 bits per heavy atom. The van der Waals surface area contributed by atoms with Crippen LogP contribution in [0.15, 0.2) is 191 Å². The average molecular weight is 711 g/mol. The normalized spacial score (nSPS) is 23.3. The topological polar surface area (TPSA) is 69.7 Å². The summed E-state index contributed by atoms with van der Waals surface area (Å²) < 4.78 is 0. The zero-order valence-corrected chi connectivity index (χ0v) is 30.5. The van der Waals surface area contributed by atoms with Gasteiger partial charge in [0.1, 0.15) is 6.07 Å². The van der Waals surface area contributed by atoms with Crippen LogP contribution in [0.1, 0.15) is 35.8 Å². The third-order valence-electron chi connectivity index (χ3n) is 12.1. The van der Waals surface area contributed by atoms with E-state index < -0.39 is 0 Å². The molecular weight excluding hydrogens is 673 g/mol. The van der Waals surface area contributed by atoms with Crippen molar-refractivity contribution >= 4 is 34.1 Å². The molecule has 1 aliphatic heterocycles. The van der Waals surface area contributed by atoms with E-state index in [-0.39, 0.29) is 30.0 Å². The molecular formula is C49H38N6. The van der Waals surface area contributed by atoms with Crippen LogP contribution in [-0.2, 0) is 0 Å². The van der Waals surface area contributed by atoms with E-state index in [2.05, 4.69) is 186 Å². The van der Waals surface area contributed by atoms with E-state index in [0.717, 1.165) is 34.9 Å². The zero-order chi connectivity index (χ0) is 37.0. The number of aliphatic imine (C=N–C) groups is 1. The molecule has 55 heavy (non-hydrogen) atoms. The van der Waals surface area contributed by atoms with Gasteiger partial charge >= 0.3 is 0 Å². The number of allylic oxidation sites excluding steroid dienone is 4. The third kappa shape index (κ3) is 5.29. The lowest BCUT2D eigenvalue weighted by molar-refractivity contribution is 0.199. The minimum atomic E-state index is -0.0710. The van der Waals surface area contributed by atoms with Gasteiger partial charge in [-0.3, -0.25) is 9.89 Å². The SMILES string of the molecule is CN1[C@@H]2CC(C#N)=C(C#N)C=C2N=C2C3C4=C(CC(N(c5ccccc5)c5ccccc5)C=C4)[C@H](c4ccc(N(c5ccccc5)c5ccccc5)cc43)[C@@H]21. The second-order valence-electron chi connectivity index (χ2n) is 14.9. The molecule has 0 saturated heterocycles. The van der Waals surface area contributed by atoms with E-state index in [4.69, 9.17) is 4.99 Å². The van der Waals surface area contributed by atoms with Gasteiger partial charge < -0.3 is 9.80 Å². The minimum absolute atomic E-state index is 0.0289. The Balaban J connectivity index is 1.14. The van der Waals surface area contributed by atoms with Crippen LogP contribution in [0.2, 0.25) is 0 Å². The largest absolute Gasteiger partial charge is 0.334 e. The maximum absolute atomic E-state index is 10.0. The summed E-state index contributed by atoms with van der Waals surface area (Å²) in [6.07, 6.45) is 8.01. The third-order valence-corrected chi connectivity index (χ3v) is 12.1. The maximum atomic E-state index is 10.0. The standard InChI is InChI=1S/C49H38N6/c1-53-45-27-33(31-51)32(30-50)26-44(45)52-48-46-40-24-22-39(55(36-18-10-4-11-19-36)37-20-12-5-13-21-37)29-43(40)47(49(48)53)41-25-23-38(28-42(41)46)54(34-14-6-2-7-15-34)35-16-8-3-9-17-35/h2-26,28,39,45-47,49H,27,29H2,1H3/t39?,45-,46?,47+,49+/m1/s1. The number of benzene rings is 5. The molecule has 6 heteroatoms. The molecule has 2 bridgehead atoms. The fourth-order valence-corrected chi connectivity index (χ4v) is 9.74. The molecule has 5 atom stereocenters. The fourth-order valence-electron chi connectivity index (χ4n) is 9.74. The summed E-state index contributed by atoms with van der Waals surface area (Å²) >= 11 is 0. The number of rotatable bonds is 6. The molecule has 6 aliphatic rings. The number of hydrogen-bond acceptors (Lipinski definition) is 6. The van der Waals surface area contributed by atoms with Gasteiger partial charge in [-0.1, -0.05) is 96.6 Å². The molecule has 0 spiro atoms. The van der Waals surface area contributed by atoms with Gasteiger partial charge in [-0.25, -0.2) is 0 Å². The fraction of sp³-hybridized carbons (Fsp3) is 0.163. The van der Waals surface area contributed by atoms with E-state index in [1.165, 1.54) is 33.6 Å².